The topological polar surface area (TPSA) is 141 Å². The molecular weight excluding hydrogens is 272 g/mol. The van der Waals surface area contributed by atoms with E-state index < -0.39 is 29.8 Å². The lowest BCUT2D eigenvalue weighted by molar-refractivity contribution is -0.128. The van der Waals surface area contributed by atoms with Gasteiger partial charge in [-0.2, -0.15) is 0 Å². The van der Waals surface area contributed by atoms with Gasteiger partial charge in [0.2, 0.25) is 17.7 Å². The van der Waals surface area contributed by atoms with E-state index in [-0.39, 0.29) is 19.3 Å². The molecule has 0 spiro atoms. The van der Waals surface area contributed by atoms with Crippen LogP contribution in [-0.2, 0) is 20.8 Å². The van der Waals surface area contributed by atoms with Crippen molar-refractivity contribution in [1.29, 1.82) is 0 Å². The fraction of sp³-hybridized carbons (Fsp3) is 0.357. The average Bonchev–Trinajstić information content (AvgIpc) is 2.44. The van der Waals surface area contributed by atoms with Crippen molar-refractivity contribution in [2.24, 2.45) is 17.2 Å². The minimum atomic E-state index is -0.907. The van der Waals surface area contributed by atoms with Crippen molar-refractivity contribution in [2.75, 3.05) is 0 Å². The number of nitrogens with two attached hydrogens (primary N) is 3. The first kappa shape index (κ1) is 16.6. The predicted octanol–water partition coefficient (Wildman–Crippen LogP) is -1.21. The predicted molar refractivity (Wildman–Crippen MR) is 77.7 cm³/mol. The summed E-state index contributed by atoms with van der Waals surface area (Å²) in [6.45, 7) is 0. The van der Waals surface area contributed by atoms with Gasteiger partial charge in [0.15, 0.2) is 0 Å². The number of hydrogen-bond donors (Lipinski definition) is 4. The Bertz CT molecular complexity index is 504. The molecule has 0 bridgehead atoms. The van der Waals surface area contributed by atoms with Crippen LogP contribution in [0.1, 0.15) is 18.4 Å². The number of nitrogens with one attached hydrogen (secondary N) is 1. The van der Waals surface area contributed by atoms with Crippen LogP contribution in [0.25, 0.3) is 0 Å². The van der Waals surface area contributed by atoms with Crippen LogP contribution in [0.3, 0.4) is 0 Å². The van der Waals surface area contributed by atoms with E-state index >= 15 is 0 Å². The monoisotopic (exact) mass is 292 g/mol. The zero-order chi connectivity index (χ0) is 15.8. The van der Waals surface area contributed by atoms with E-state index in [1.165, 1.54) is 0 Å². The maximum atomic E-state index is 11.9. The molecule has 1 aromatic rings. The van der Waals surface area contributed by atoms with Crippen molar-refractivity contribution in [3.63, 3.8) is 0 Å². The summed E-state index contributed by atoms with van der Waals surface area (Å²) in [6.07, 6.45) is 0.414. The summed E-state index contributed by atoms with van der Waals surface area (Å²) < 4.78 is 0. The molecule has 7 heteroatoms. The fourth-order valence-electron chi connectivity index (χ4n) is 1.78. The number of primary amides is 2. The van der Waals surface area contributed by atoms with Gasteiger partial charge in [-0.15, -0.1) is 0 Å². The standard InChI is InChI=1S/C14H20N4O3/c15-10(6-7-12(16)19)14(21)18-11(13(17)20)8-9-4-2-1-3-5-9/h1-5,10-11H,6-8,15H2,(H2,16,19)(H2,17,20)(H,18,21)/t10-,11-/m0/s1. The van der Waals surface area contributed by atoms with Gasteiger partial charge in [0, 0.05) is 12.8 Å². The van der Waals surface area contributed by atoms with Gasteiger partial charge < -0.3 is 22.5 Å². The van der Waals surface area contributed by atoms with Crippen molar-refractivity contribution < 1.29 is 14.4 Å². The molecule has 21 heavy (non-hydrogen) atoms. The van der Waals surface area contributed by atoms with Crippen LogP contribution in [0.2, 0.25) is 0 Å². The van der Waals surface area contributed by atoms with Crippen molar-refractivity contribution in [3.8, 4) is 0 Å². The third-order valence-corrected chi connectivity index (χ3v) is 2.98. The lowest BCUT2D eigenvalue weighted by Crippen LogP contribution is -2.51. The smallest absolute Gasteiger partial charge is 0.240 e. The number of benzene rings is 1. The van der Waals surface area contributed by atoms with Gasteiger partial charge in [-0.25, -0.2) is 0 Å². The molecule has 0 aliphatic carbocycles. The van der Waals surface area contributed by atoms with E-state index in [2.05, 4.69) is 5.32 Å². The second-order valence-electron chi connectivity index (χ2n) is 4.76. The Morgan fingerprint density at radius 2 is 1.71 bits per heavy atom. The van der Waals surface area contributed by atoms with Crippen LogP contribution >= 0.6 is 0 Å². The Balaban J connectivity index is 2.60. The number of carbonyl (C=O) groups excluding carboxylic acids is 3. The second-order valence-corrected chi connectivity index (χ2v) is 4.76. The number of rotatable bonds is 8. The van der Waals surface area contributed by atoms with Crippen LogP contribution in [0.4, 0.5) is 0 Å². The summed E-state index contributed by atoms with van der Waals surface area (Å²) in [5, 5.41) is 2.50. The van der Waals surface area contributed by atoms with Gasteiger partial charge >= 0.3 is 0 Å². The fourth-order valence-corrected chi connectivity index (χ4v) is 1.78. The Labute approximate surface area is 122 Å². The van der Waals surface area contributed by atoms with E-state index in [9.17, 15) is 14.4 Å². The minimum Gasteiger partial charge on any atom is -0.370 e. The highest BCUT2D eigenvalue weighted by Crippen LogP contribution is 2.04. The van der Waals surface area contributed by atoms with Gasteiger partial charge in [0.25, 0.3) is 0 Å². The van der Waals surface area contributed by atoms with Crippen molar-refractivity contribution in [2.45, 2.75) is 31.3 Å². The first-order chi connectivity index (χ1) is 9.90. The highest BCUT2D eigenvalue weighted by molar-refractivity contribution is 5.89. The molecule has 3 amide bonds. The number of amides is 3. The van der Waals surface area contributed by atoms with E-state index in [1.807, 2.05) is 30.3 Å². The Morgan fingerprint density at radius 1 is 1.10 bits per heavy atom. The molecule has 0 saturated carbocycles. The summed E-state index contributed by atoms with van der Waals surface area (Å²) in [6, 6.07) is 7.40. The third kappa shape index (κ3) is 6.05. The molecule has 2 atom stereocenters. The van der Waals surface area contributed by atoms with Gasteiger partial charge in [0.05, 0.1) is 6.04 Å². The van der Waals surface area contributed by atoms with Crippen molar-refractivity contribution in [1.82, 2.24) is 5.32 Å². The molecule has 0 aliphatic rings. The number of hydrogen-bond acceptors (Lipinski definition) is 4. The molecule has 0 fully saturated rings. The first-order valence-corrected chi connectivity index (χ1v) is 6.57. The third-order valence-electron chi connectivity index (χ3n) is 2.98. The van der Waals surface area contributed by atoms with Gasteiger partial charge in [0.1, 0.15) is 6.04 Å². The normalized spacial score (nSPS) is 13.2. The molecule has 0 saturated heterocycles. The molecule has 7 N–H and O–H groups in total. The average molecular weight is 292 g/mol. The van der Waals surface area contributed by atoms with E-state index in [1.54, 1.807) is 0 Å². The quantitative estimate of drug-likeness (QED) is 0.477. The van der Waals surface area contributed by atoms with E-state index in [4.69, 9.17) is 17.2 Å². The number of carbonyl (C=O) groups is 3. The highest BCUT2D eigenvalue weighted by atomic mass is 16.2. The molecule has 1 rings (SSSR count). The van der Waals surface area contributed by atoms with Gasteiger partial charge in [-0.1, -0.05) is 30.3 Å². The van der Waals surface area contributed by atoms with Crippen molar-refractivity contribution in [3.05, 3.63) is 35.9 Å². The van der Waals surface area contributed by atoms with Crippen LogP contribution in [0.15, 0.2) is 30.3 Å². The zero-order valence-corrected chi connectivity index (χ0v) is 11.6. The van der Waals surface area contributed by atoms with Crippen molar-refractivity contribution >= 4 is 17.7 Å². The molecule has 114 valence electrons. The summed E-state index contributed by atoms with van der Waals surface area (Å²) in [4.78, 5) is 33.9. The molecule has 0 unspecified atom stereocenters. The summed E-state index contributed by atoms with van der Waals surface area (Å²) in [7, 11) is 0. The Kier molecular flexibility index (Phi) is 6.35. The zero-order valence-electron chi connectivity index (χ0n) is 11.6. The Morgan fingerprint density at radius 3 is 2.24 bits per heavy atom. The van der Waals surface area contributed by atoms with Gasteiger partial charge in [-0.3, -0.25) is 14.4 Å². The lowest BCUT2D eigenvalue weighted by Gasteiger charge is -2.18. The van der Waals surface area contributed by atoms with Crippen LogP contribution in [0.5, 0.6) is 0 Å². The van der Waals surface area contributed by atoms with Crippen LogP contribution < -0.4 is 22.5 Å². The summed E-state index contributed by atoms with van der Waals surface area (Å²) in [5.41, 5.74) is 16.8. The van der Waals surface area contributed by atoms with Gasteiger partial charge in [-0.05, 0) is 12.0 Å². The minimum absolute atomic E-state index is 0.00844. The van der Waals surface area contributed by atoms with Crippen LogP contribution in [0, 0.1) is 0 Å². The van der Waals surface area contributed by atoms with E-state index in [0.717, 1.165) is 5.56 Å². The maximum Gasteiger partial charge on any atom is 0.240 e. The van der Waals surface area contributed by atoms with E-state index in [0.29, 0.717) is 0 Å². The molecule has 0 aliphatic heterocycles. The molecule has 0 heterocycles. The first-order valence-electron chi connectivity index (χ1n) is 6.57. The highest BCUT2D eigenvalue weighted by Gasteiger charge is 2.22. The Hall–Kier alpha value is -2.41. The summed E-state index contributed by atoms with van der Waals surface area (Å²) in [5.74, 6) is -1.71. The molecule has 1 aromatic carbocycles. The molecule has 7 nitrogen and oxygen atoms in total. The second kappa shape index (κ2) is 8.01. The largest absolute Gasteiger partial charge is 0.370 e. The maximum absolute atomic E-state index is 11.9. The molecular formula is C14H20N4O3. The summed E-state index contributed by atoms with van der Waals surface area (Å²) >= 11 is 0. The lowest BCUT2D eigenvalue weighted by atomic mass is 10.0. The van der Waals surface area contributed by atoms with Crippen LogP contribution in [-0.4, -0.2) is 29.8 Å². The SMILES string of the molecule is NC(=O)CC[C@H](N)C(=O)N[C@@H](Cc1ccccc1)C(N)=O. The molecule has 0 radical (unpaired) electrons. The molecule has 0 aromatic heterocycles.